The molecule has 2 fully saturated rings. The van der Waals surface area contributed by atoms with E-state index in [4.69, 9.17) is 23.4 Å². The maximum Gasteiger partial charge on any atom is 0.402 e. The van der Waals surface area contributed by atoms with Crippen LogP contribution in [0.4, 0.5) is 0 Å². The molecule has 0 amide bonds. The second-order valence-electron chi connectivity index (χ2n) is 9.70. The van der Waals surface area contributed by atoms with Gasteiger partial charge in [0.2, 0.25) is 12.0 Å². The van der Waals surface area contributed by atoms with Gasteiger partial charge in [-0.1, -0.05) is 0 Å². The van der Waals surface area contributed by atoms with Crippen LogP contribution in [-0.4, -0.2) is 120 Å². The van der Waals surface area contributed by atoms with Crippen LogP contribution >= 0.6 is 0 Å². The molecule has 0 bridgehead atoms. The Morgan fingerprint density at radius 2 is 1.56 bits per heavy atom. The van der Waals surface area contributed by atoms with Crippen molar-refractivity contribution in [2.75, 3.05) is 13.2 Å². The Balaban J connectivity index is 1.57. The van der Waals surface area contributed by atoms with Crippen LogP contribution in [-0.2, 0) is 14.2 Å². The zero-order valence-electron chi connectivity index (χ0n) is 21.1. The Hall–Kier alpha value is -3.51. The molecule has 2 saturated heterocycles. The summed E-state index contributed by atoms with van der Waals surface area (Å²) in [5.41, 5.74) is 0.139. The summed E-state index contributed by atoms with van der Waals surface area (Å²) in [6.45, 7) is -1.18. The quantitative estimate of drug-likeness (QED) is 0.122. The number of aliphatic hydroxyl groups excluding tert-OH is 6. The highest BCUT2D eigenvalue weighted by Gasteiger charge is 2.50. The molecule has 0 unspecified atom stereocenters. The molecule has 15 heteroatoms. The zero-order chi connectivity index (χ0) is 29.6. The molecule has 3 heterocycles. The van der Waals surface area contributed by atoms with E-state index in [-0.39, 0.29) is 33.8 Å². The highest BCUT2D eigenvalue weighted by atomic mass is 16.8. The van der Waals surface area contributed by atoms with Crippen molar-refractivity contribution < 1.29 is 74.4 Å². The van der Waals surface area contributed by atoms with Gasteiger partial charge in [-0.3, -0.25) is 0 Å². The summed E-state index contributed by atoms with van der Waals surface area (Å²) in [5.74, 6) is -1.98. The molecule has 3 aromatic rings. The molecule has 9 atom stereocenters. The van der Waals surface area contributed by atoms with Gasteiger partial charge in [0.15, 0.2) is 23.9 Å². The van der Waals surface area contributed by atoms with Crippen LogP contribution in [0.15, 0.2) is 40.8 Å². The van der Waals surface area contributed by atoms with Gasteiger partial charge in [-0.25, -0.2) is 4.42 Å². The van der Waals surface area contributed by atoms with Crippen LogP contribution in [0.5, 0.6) is 28.7 Å². The van der Waals surface area contributed by atoms with E-state index in [1.807, 2.05) is 0 Å². The first-order chi connectivity index (χ1) is 19.5. The first-order valence-corrected chi connectivity index (χ1v) is 12.4. The van der Waals surface area contributed by atoms with E-state index < -0.39 is 85.8 Å². The van der Waals surface area contributed by atoms with Gasteiger partial charge in [-0.05, 0) is 12.1 Å². The predicted octanol–water partition coefficient (Wildman–Crippen LogP) is -1.15. The average molecular weight is 582 g/mol. The number of hydrogen-bond donors (Lipinski definition) is 10. The molecule has 2 aliphatic rings. The van der Waals surface area contributed by atoms with E-state index in [0.29, 0.717) is 0 Å². The summed E-state index contributed by atoms with van der Waals surface area (Å²) < 4.78 is 28.5. The van der Waals surface area contributed by atoms with Crippen molar-refractivity contribution in [2.45, 2.75) is 55.3 Å². The van der Waals surface area contributed by atoms with Crippen molar-refractivity contribution in [3.8, 4) is 40.1 Å². The first-order valence-electron chi connectivity index (χ1n) is 12.4. The van der Waals surface area contributed by atoms with E-state index in [1.165, 1.54) is 24.3 Å². The Morgan fingerprint density at radius 3 is 2.27 bits per heavy atom. The first kappa shape index (κ1) is 29.0. The largest absolute Gasteiger partial charge is 0.507 e. The van der Waals surface area contributed by atoms with Crippen LogP contribution in [0.2, 0.25) is 0 Å². The third-order valence-electron chi connectivity index (χ3n) is 6.87. The van der Waals surface area contributed by atoms with Crippen molar-refractivity contribution >= 4 is 11.0 Å². The molecule has 2 aromatic carbocycles. The van der Waals surface area contributed by atoms with Gasteiger partial charge in [0.05, 0.1) is 24.8 Å². The van der Waals surface area contributed by atoms with Gasteiger partial charge in [0.1, 0.15) is 53.5 Å². The van der Waals surface area contributed by atoms with Gasteiger partial charge in [0.25, 0.3) is 0 Å². The second kappa shape index (κ2) is 11.4. The monoisotopic (exact) mass is 581 g/mol. The Morgan fingerprint density at radius 1 is 0.805 bits per heavy atom. The third kappa shape index (κ3) is 5.54. The number of phenols is 4. The van der Waals surface area contributed by atoms with Gasteiger partial charge in [0, 0.05) is 18.2 Å². The molecule has 41 heavy (non-hydrogen) atoms. The molecule has 0 saturated carbocycles. The number of rotatable bonds is 6. The molecular formula is C26H29O15+. The Labute approximate surface area is 230 Å². The van der Waals surface area contributed by atoms with Crippen LogP contribution < -0.4 is 4.74 Å². The summed E-state index contributed by atoms with van der Waals surface area (Å²) in [6, 6.07) is 7.19. The molecule has 1 aromatic heterocycles. The minimum absolute atomic E-state index is 0.00950. The summed E-state index contributed by atoms with van der Waals surface area (Å²) in [6.07, 6.45) is -14.6. The fourth-order valence-corrected chi connectivity index (χ4v) is 4.61. The predicted molar refractivity (Wildman–Crippen MR) is 134 cm³/mol. The van der Waals surface area contributed by atoms with Crippen LogP contribution in [0.1, 0.15) is 0 Å². The summed E-state index contributed by atoms with van der Waals surface area (Å²) in [5, 5.41) is 101. The van der Waals surface area contributed by atoms with Crippen LogP contribution in [0.25, 0.3) is 22.3 Å². The van der Waals surface area contributed by atoms with Gasteiger partial charge < -0.3 is 70.0 Å². The average Bonchev–Trinajstić information content (AvgIpc) is 2.94. The Bertz CT molecular complexity index is 1400. The number of fused-ring (bicyclic) bond motifs is 1. The molecule has 10 N–H and O–H groups in total. The minimum Gasteiger partial charge on any atom is -0.507 e. The van der Waals surface area contributed by atoms with Crippen LogP contribution in [0.3, 0.4) is 0 Å². The van der Waals surface area contributed by atoms with E-state index in [1.54, 1.807) is 0 Å². The van der Waals surface area contributed by atoms with E-state index in [9.17, 15) is 51.1 Å². The smallest absolute Gasteiger partial charge is 0.402 e. The number of aliphatic hydroxyl groups is 6. The van der Waals surface area contributed by atoms with Crippen molar-refractivity contribution in [2.24, 2.45) is 0 Å². The number of phenolic OH excluding ortho intramolecular Hbond substituents is 4. The molecule has 5 rings (SSSR count). The van der Waals surface area contributed by atoms with Crippen molar-refractivity contribution in [1.82, 2.24) is 0 Å². The van der Waals surface area contributed by atoms with Gasteiger partial charge in [-0.15, -0.1) is 0 Å². The van der Waals surface area contributed by atoms with Crippen molar-refractivity contribution in [1.29, 1.82) is 0 Å². The molecule has 0 spiro atoms. The van der Waals surface area contributed by atoms with Gasteiger partial charge in [-0.2, -0.15) is 0 Å². The van der Waals surface area contributed by atoms with Gasteiger partial charge >= 0.3 is 11.3 Å². The summed E-state index contributed by atoms with van der Waals surface area (Å²) in [4.78, 5) is 0. The van der Waals surface area contributed by atoms with Crippen molar-refractivity contribution in [3.05, 3.63) is 36.4 Å². The lowest BCUT2D eigenvalue weighted by molar-refractivity contribution is -0.344. The SMILES string of the molecule is OC[C@H]1O[C@H](Oc2cc3c(O)cc(O)cc3[o+]c2-c2ccc(O)c(O)c2)[C@H](O[C@@H]2OC[C@@H](O)[C@H](O)[C@H]2O)[C@@H](O)[C@@H]1O. The van der Waals surface area contributed by atoms with E-state index in [2.05, 4.69) is 0 Å². The molecular weight excluding hydrogens is 552 g/mol. The molecule has 222 valence electrons. The lowest BCUT2D eigenvalue weighted by Gasteiger charge is -2.44. The lowest BCUT2D eigenvalue weighted by Crippen LogP contribution is -2.63. The minimum atomic E-state index is -1.80. The topological polar surface area (TPSA) is 251 Å². The zero-order valence-corrected chi connectivity index (χ0v) is 21.1. The number of benzene rings is 2. The van der Waals surface area contributed by atoms with E-state index in [0.717, 1.165) is 12.1 Å². The standard InChI is InChI=1S/C26H28O15/c27-7-18-20(34)21(35)24(41-25-22(36)19(33)15(32)8-37-25)26(40-18)39-17-6-11-13(30)4-10(28)5-16(11)38-23(17)9-1-2-12(29)14(31)3-9/h1-6,15,18-22,24-27,32-36H,7-8H2,(H3-,28,29,30,31)/p+1/t15-,18-,19+,20-,21+,22-,24-,25+,26+/m1/s1. The molecule has 2 aliphatic heterocycles. The fraction of sp³-hybridized carbons (Fsp3) is 0.423. The number of ether oxygens (including phenoxy) is 4. The van der Waals surface area contributed by atoms with E-state index >= 15 is 0 Å². The maximum atomic E-state index is 10.9. The van der Waals surface area contributed by atoms with Crippen molar-refractivity contribution in [3.63, 3.8) is 0 Å². The fourth-order valence-electron chi connectivity index (χ4n) is 4.61. The molecule has 0 radical (unpaired) electrons. The summed E-state index contributed by atoms with van der Waals surface area (Å²) >= 11 is 0. The highest BCUT2D eigenvalue weighted by Crippen LogP contribution is 2.42. The molecule has 0 aliphatic carbocycles. The van der Waals surface area contributed by atoms with Crippen LogP contribution in [0, 0.1) is 0 Å². The third-order valence-corrected chi connectivity index (χ3v) is 6.87. The maximum absolute atomic E-state index is 10.9. The second-order valence-corrected chi connectivity index (χ2v) is 9.70. The highest BCUT2D eigenvalue weighted by molar-refractivity contribution is 5.88. The number of hydrogen-bond acceptors (Lipinski definition) is 14. The summed E-state index contributed by atoms with van der Waals surface area (Å²) in [7, 11) is 0. The normalized spacial score (nSPS) is 32.2. The number of aromatic hydroxyl groups is 4. The lowest BCUT2D eigenvalue weighted by atomic mass is 9.98. The Kier molecular flexibility index (Phi) is 8.06. The molecule has 15 nitrogen and oxygen atoms in total.